The Bertz CT molecular complexity index is 947. The number of aryl methyl sites for hydroxylation is 1. The lowest BCUT2D eigenvalue weighted by Gasteiger charge is -2.28. The van der Waals surface area contributed by atoms with E-state index in [2.05, 4.69) is 9.88 Å². The highest BCUT2D eigenvalue weighted by Crippen LogP contribution is 2.38. The second-order valence-electron chi connectivity index (χ2n) is 6.13. The lowest BCUT2D eigenvalue weighted by Crippen LogP contribution is -2.36. The molecule has 0 bridgehead atoms. The van der Waals surface area contributed by atoms with Crippen LogP contribution in [-0.2, 0) is 4.74 Å². The molecular formula is C19H19N3O3S. The van der Waals surface area contributed by atoms with E-state index in [0.717, 1.165) is 53.4 Å². The van der Waals surface area contributed by atoms with Crippen LogP contribution in [0.4, 0.5) is 5.69 Å². The average molecular weight is 369 g/mol. The summed E-state index contributed by atoms with van der Waals surface area (Å²) in [5, 5.41) is 0.885. The number of morpholine rings is 1. The second kappa shape index (κ2) is 6.93. The topological polar surface area (TPSA) is 77.7 Å². The molecule has 0 saturated carbocycles. The highest BCUT2D eigenvalue weighted by atomic mass is 32.1. The molecule has 0 radical (unpaired) electrons. The number of benzene rings is 1. The minimum atomic E-state index is -0.426. The maximum atomic E-state index is 11.6. The zero-order valence-electron chi connectivity index (χ0n) is 14.4. The predicted molar refractivity (Wildman–Crippen MR) is 102 cm³/mol. The molecule has 2 N–H and O–H groups in total. The molecule has 0 spiro atoms. The minimum Gasteiger partial charge on any atom is -0.455 e. The first kappa shape index (κ1) is 16.8. The zero-order chi connectivity index (χ0) is 18.1. The maximum absolute atomic E-state index is 11.6. The normalized spacial score (nSPS) is 14.6. The van der Waals surface area contributed by atoms with Crippen LogP contribution in [0.5, 0.6) is 11.5 Å². The van der Waals surface area contributed by atoms with Gasteiger partial charge in [-0.05, 0) is 36.8 Å². The van der Waals surface area contributed by atoms with Crippen LogP contribution >= 0.6 is 11.3 Å². The molecule has 1 aromatic carbocycles. The summed E-state index contributed by atoms with van der Waals surface area (Å²) in [6, 6.07) is 7.98. The highest BCUT2D eigenvalue weighted by Gasteiger charge is 2.17. The first-order valence-corrected chi connectivity index (χ1v) is 9.22. The number of hydrogen-bond acceptors (Lipinski definition) is 6. The van der Waals surface area contributed by atoms with Gasteiger partial charge in [-0.1, -0.05) is 0 Å². The molecule has 3 aromatic rings. The van der Waals surface area contributed by atoms with Gasteiger partial charge in [0.05, 0.1) is 29.0 Å². The molecule has 1 saturated heterocycles. The summed E-state index contributed by atoms with van der Waals surface area (Å²) in [5.41, 5.74) is 7.45. The van der Waals surface area contributed by atoms with Gasteiger partial charge in [0.1, 0.15) is 5.75 Å². The van der Waals surface area contributed by atoms with Gasteiger partial charge >= 0.3 is 0 Å². The van der Waals surface area contributed by atoms with Crippen LogP contribution in [0.15, 0.2) is 36.7 Å². The van der Waals surface area contributed by atoms with Crippen molar-refractivity contribution in [2.45, 2.75) is 6.92 Å². The third kappa shape index (κ3) is 3.11. The van der Waals surface area contributed by atoms with E-state index in [0.29, 0.717) is 10.6 Å². The van der Waals surface area contributed by atoms with Gasteiger partial charge in [0, 0.05) is 30.4 Å². The van der Waals surface area contributed by atoms with E-state index in [1.165, 1.54) is 11.3 Å². The van der Waals surface area contributed by atoms with Gasteiger partial charge in [-0.25, -0.2) is 0 Å². The number of hydrogen-bond donors (Lipinski definition) is 1. The summed E-state index contributed by atoms with van der Waals surface area (Å²) < 4.78 is 12.3. The molecule has 7 heteroatoms. The molecular weight excluding hydrogens is 350 g/mol. The minimum absolute atomic E-state index is 0.426. The summed E-state index contributed by atoms with van der Waals surface area (Å²) in [4.78, 5) is 18.7. The average Bonchev–Trinajstić information content (AvgIpc) is 3.01. The van der Waals surface area contributed by atoms with E-state index in [1.54, 1.807) is 12.4 Å². The van der Waals surface area contributed by atoms with Gasteiger partial charge in [0.25, 0.3) is 5.91 Å². The first-order valence-electron chi connectivity index (χ1n) is 8.41. The fraction of sp³-hybridized carbons (Fsp3) is 0.263. The second-order valence-corrected chi connectivity index (χ2v) is 7.18. The van der Waals surface area contributed by atoms with Gasteiger partial charge in [-0.2, -0.15) is 0 Å². The smallest absolute Gasteiger partial charge is 0.259 e. The Morgan fingerprint density at radius 1 is 1.23 bits per heavy atom. The van der Waals surface area contributed by atoms with E-state index in [4.69, 9.17) is 15.2 Å². The van der Waals surface area contributed by atoms with Crippen molar-refractivity contribution in [1.82, 2.24) is 4.98 Å². The van der Waals surface area contributed by atoms with E-state index in [9.17, 15) is 4.79 Å². The number of carbonyl (C=O) groups is 1. The third-order valence-corrected chi connectivity index (χ3v) is 5.71. The zero-order valence-corrected chi connectivity index (χ0v) is 15.2. The Morgan fingerprint density at radius 2 is 1.96 bits per heavy atom. The van der Waals surface area contributed by atoms with Crippen molar-refractivity contribution < 1.29 is 14.3 Å². The van der Waals surface area contributed by atoms with Crippen LogP contribution in [-0.4, -0.2) is 37.2 Å². The van der Waals surface area contributed by atoms with Crippen molar-refractivity contribution in [2.24, 2.45) is 5.73 Å². The SMILES string of the molecule is Cc1c(C(N)=O)sc2cncc(Oc3ccc(N4CCOCC4)cc3)c12. The summed E-state index contributed by atoms with van der Waals surface area (Å²) >= 11 is 1.34. The number of nitrogens with two attached hydrogens (primary N) is 1. The largest absolute Gasteiger partial charge is 0.455 e. The number of thiophene rings is 1. The number of aromatic nitrogens is 1. The number of ether oxygens (including phenoxy) is 2. The number of fused-ring (bicyclic) bond motifs is 1. The molecule has 0 unspecified atom stereocenters. The van der Waals surface area contributed by atoms with E-state index < -0.39 is 5.91 Å². The number of primary amides is 1. The molecule has 0 aliphatic carbocycles. The molecule has 1 aliphatic rings. The molecule has 1 amide bonds. The Kier molecular flexibility index (Phi) is 4.48. The van der Waals surface area contributed by atoms with Crippen molar-refractivity contribution in [2.75, 3.05) is 31.2 Å². The number of rotatable bonds is 4. The van der Waals surface area contributed by atoms with Crippen LogP contribution < -0.4 is 15.4 Å². The van der Waals surface area contributed by atoms with E-state index in [-0.39, 0.29) is 0 Å². The third-order valence-electron chi connectivity index (χ3n) is 4.47. The molecule has 26 heavy (non-hydrogen) atoms. The number of pyridine rings is 1. The monoisotopic (exact) mass is 369 g/mol. The Hall–Kier alpha value is -2.64. The van der Waals surface area contributed by atoms with Crippen molar-refractivity contribution in [3.05, 3.63) is 47.1 Å². The molecule has 134 valence electrons. The van der Waals surface area contributed by atoms with Crippen molar-refractivity contribution in [3.8, 4) is 11.5 Å². The molecule has 1 aliphatic heterocycles. The molecule has 0 atom stereocenters. The van der Waals surface area contributed by atoms with E-state index in [1.807, 2.05) is 31.2 Å². The van der Waals surface area contributed by atoms with Crippen LogP contribution in [0.1, 0.15) is 15.2 Å². The number of nitrogens with zero attached hydrogens (tertiary/aromatic N) is 2. The summed E-state index contributed by atoms with van der Waals surface area (Å²) in [5.74, 6) is 0.926. The quantitative estimate of drug-likeness (QED) is 0.763. The highest BCUT2D eigenvalue weighted by molar-refractivity contribution is 7.21. The van der Waals surface area contributed by atoms with Crippen molar-refractivity contribution in [1.29, 1.82) is 0 Å². The van der Waals surface area contributed by atoms with Gasteiger partial charge < -0.3 is 20.1 Å². The first-order chi connectivity index (χ1) is 12.6. The molecule has 3 heterocycles. The van der Waals surface area contributed by atoms with Gasteiger partial charge in [-0.15, -0.1) is 11.3 Å². The standard InChI is InChI=1S/C19H19N3O3S/c1-12-17-15(10-21-11-16(17)26-18(12)19(20)23)25-14-4-2-13(3-5-14)22-6-8-24-9-7-22/h2-5,10-11H,6-9H2,1H3,(H2,20,23). The molecule has 6 nitrogen and oxygen atoms in total. The van der Waals surface area contributed by atoms with Gasteiger partial charge in [0.2, 0.25) is 0 Å². The molecule has 2 aromatic heterocycles. The predicted octanol–water partition coefficient (Wildman–Crippen LogP) is 3.33. The number of anilines is 1. The maximum Gasteiger partial charge on any atom is 0.259 e. The van der Waals surface area contributed by atoms with Crippen molar-refractivity contribution in [3.63, 3.8) is 0 Å². The lowest BCUT2D eigenvalue weighted by molar-refractivity contribution is 0.100. The fourth-order valence-electron chi connectivity index (χ4n) is 3.16. The van der Waals surface area contributed by atoms with Crippen LogP contribution in [0, 0.1) is 6.92 Å². The van der Waals surface area contributed by atoms with Crippen molar-refractivity contribution >= 4 is 33.0 Å². The number of amides is 1. The lowest BCUT2D eigenvalue weighted by atomic mass is 10.1. The van der Waals surface area contributed by atoms with Gasteiger partial charge in [0.15, 0.2) is 5.75 Å². The fourth-order valence-corrected chi connectivity index (χ4v) is 4.20. The van der Waals surface area contributed by atoms with Crippen LogP contribution in [0.25, 0.3) is 10.1 Å². The number of carbonyl (C=O) groups excluding carboxylic acids is 1. The van der Waals surface area contributed by atoms with Gasteiger partial charge in [-0.3, -0.25) is 9.78 Å². The molecule has 1 fully saturated rings. The summed E-state index contributed by atoms with van der Waals surface area (Å²) in [7, 11) is 0. The Morgan fingerprint density at radius 3 is 2.65 bits per heavy atom. The van der Waals surface area contributed by atoms with Crippen LogP contribution in [0.2, 0.25) is 0 Å². The molecule has 4 rings (SSSR count). The van der Waals surface area contributed by atoms with E-state index >= 15 is 0 Å². The summed E-state index contributed by atoms with van der Waals surface area (Å²) in [6.45, 7) is 5.19. The Labute approximate surface area is 155 Å². The van der Waals surface area contributed by atoms with Crippen LogP contribution in [0.3, 0.4) is 0 Å². The Balaban J connectivity index is 1.62. The summed E-state index contributed by atoms with van der Waals surface area (Å²) in [6.07, 6.45) is 3.40.